The van der Waals surface area contributed by atoms with Crippen LogP contribution in [0.25, 0.3) is 0 Å². The number of nitrogens with one attached hydrogen (secondary N) is 1. The summed E-state index contributed by atoms with van der Waals surface area (Å²) in [6, 6.07) is 4.04. The van der Waals surface area contributed by atoms with Crippen LogP contribution in [0.1, 0.15) is 24.6 Å². The van der Waals surface area contributed by atoms with Gasteiger partial charge in [0.25, 0.3) is 0 Å². The fourth-order valence-electron chi connectivity index (χ4n) is 1.56. The van der Waals surface area contributed by atoms with E-state index in [1.54, 1.807) is 11.3 Å². The lowest BCUT2D eigenvalue weighted by molar-refractivity contribution is 0.0296. The average Bonchev–Trinajstić information content (AvgIpc) is 2.91. The van der Waals surface area contributed by atoms with Crippen LogP contribution in [0.4, 0.5) is 0 Å². The molecule has 0 radical (unpaired) electrons. The second kappa shape index (κ2) is 11.4. The first-order valence-electron chi connectivity index (χ1n) is 6.89. The van der Waals surface area contributed by atoms with Crippen LogP contribution in [0.3, 0.4) is 0 Å². The zero-order chi connectivity index (χ0) is 13.8. The molecule has 0 saturated heterocycles. The van der Waals surface area contributed by atoms with Crippen molar-refractivity contribution in [3.8, 4) is 0 Å². The molecule has 0 spiro atoms. The monoisotopic (exact) mass is 287 g/mol. The summed E-state index contributed by atoms with van der Waals surface area (Å²) in [6.45, 7) is 6.11. The molecule has 0 aliphatic carbocycles. The zero-order valence-corrected chi connectivity index (χ0v) is 12.5. The van der Waals surface area contributed by atoms with Crippen LogP contribution < -0.4 is 5.32 Å². The molecule has 1 atom stereocenters. The van der Waals surface area contributed by atoms with E-state index in [1.165, 1.54) is 4.88 Å². The van der Waals surface area contributed by atoms with E-state index < -0.39 is 6.10 Å². The fraction of sp³-hybridized carbons (Fsp3) is 0.714. The van der Waals surface area contributed by atoms with Crippen molar-refractivity contribution in [1.29, 1.82) is 0 Å². The number of aliphatic hydroxyl groups excluding tert-OH is 1. The highest BCUT2D eigenvalue weighted by Crippen LogP contribution is 2.09. The van der Waals surface area contributed by atoms with E-state index in [2.05, 4.69) is 12.2 Å². The van der Waals surface area contributed by atoms with Crippen LogP contribution in [-0.2, 0) is 16.1 Å². The maximum absolute atomic E-state index is 9.70. The smallest absolute Gasteiger partial charge is 0.0897 e. The van der Waals surface area contributed by atoms with Gasteiger partial charge < -0.3 is 19.9 Å². The normalized spacial score (nSPS) is 12.7. The lowest BCUT2D eigenvalue weighted by atomic mass is 10.3. The number of hydrogen-bond acceptors (Lipinski definition) is 5. The number of thiophene rings is 1. The maximum atomic E-state index is 9.70. The van der Waals surface area contributed by atoms with Crippen LogP contribution in [0, 0.1) is 0 Å². The van der Waals surface area contributed by atoms with Gasteiger partial charge in [0.15, 0.2) is 0 Å². The van der Waals surface area contributed by atoms with Gasteiger partial charge in [-0.3, -0.25) is 0 Å². The van der Waals surface area contributed by atoms with E-state index in [9.17, 15) is 5.11 Å². The molecule has 0 fully saturated rings. The molecular formula is C14H25NO3S. The second-order valence-corrected chi connectivity index (χ2v) is 5.45. The second-order valence-electron chi connectivity index (χ2n) is 4.42. The number of aliphatic hydroxyl groups is 1. The highest BCUT2D eigenvalue weighted by molar-refractivity contribution is 7.09. The standard InChI is InChI=1S/C14H25NO3S/c1-2-7-17-8-4-6-15-10-13(16)11-18-12-14-5-3-9-19-14/h3,5,9,13,15-16H,2,4,6-8,10-12H2,1H3. The number of hydrogen-bond donors (Lipinski definition) is 2. The molecule has 19 heavy (non-hydrogen) atoms. The largest absolute Gasteiger partial charge is 0.389 e. The molecule has 0 aromatic carbocycles. The minimum absolute atomic E-state index is 0.372. The zero-order valence-electron chi connectivity index (χ0n) is 11.6. The minimum Gasteiger partial charge on any atom is -0.389 e. The van der Waals surface area contributed by atoms with Gasteiger partial charge in [0.1, 0.15) is 0 Å². The highest BCUT2D eigenvalue weighted by Gasteiger charge is 2.04. The molecular weight excluding hydrogens is 262 g/mol. The van der Waals surface area contributed by atoms with Gasteiger partial charge in [-0.25, -0.2) is 0 Å². The summed E-state index contributed by atoms with van der Waals surface area (Å²) in [5.74, 6) is 0. The Balaban J connectivity index is 1.86. The first-order chi connectivity index (χ1) is 9.33. The van der Waals surface area contributed by atoms with Gasteiger partial charge in [0.05, 0.1) is 19.3 Å². The van der Waals surface area contributed by atoms with Crippen molar-refractivity contribution in [1.82, 2.24) is 5.32 Å². The first-order valence-corrected chi connectivity index (χ1v) is 7.77. The van der Waals surface area contributed by atoms with Crippen LogP contribution in [0.15, 0.2) is 17.5 Å². The Kier molecular flexibility index (Phi) is 9.93. The molecule has 0 saturated carbocycles. The van der Waals surface area contributed by atoms with E-state index in [-0.39, 0.29) is 0 Å². The third-order valence-corrected chi connectivity index (χ3v) is 3.36. The van der Waals surface area contributed by atoms with Crippen LogP contribution >= 0.6 is 11.3 Å². The topological polar surface area (TPSA) is 50.7 Å². The Labute approximate surface area is 119 Å². The Morgan fingerprint density at radius 2 is 2.26 bits per heavy atom. The van der Waals surface area contributed by atoms with Crippen molar-refractivity contribution in [2.75, 3.05) is 32.9 Å². The molecule has 1 aromatic heterocycles. The van der Waals surface area contributed by atoms with Gasteiger partial charge in [-0.15, -0.1) is 11.3 Å². The lowest BCUT2D eigenvalue weighted by Gasteiger charge is -2.12. The van der Waals surface area contributed by atoms with Crippen molar-refractivity contribution in [2.45, 2.75) is 32.5 Å². The third kappa shape index (κ3) is 9.13. The Morgan fingerprint density at radius 3 is 3.00 bits per heavy atom. The quantitative estimate of drug-likeness (QED) is 0.578. The molecule has 5 heteroatoms. The fourth-order valence-corrected chi connectivity index (χ4v) is 2.20. The predicted octanol–water partition coefficient (Wildman–Crippen LogP) is 2.03. The van der Waals surface area contributed by atoms with E-state index in [1.807, 2.05) is 17.5 Å². The summed E-state index contributed by atoms with van der Waals surface area (Å²) in [5.41, 5.74) is 0. The van der Waals surface area contributed by atoms with Gasteiger partial charge in [-0.1, -0.05) is 13.0 Å². The van der Waals surface area contributed by atoms with E-state index in [0.717, 1.165) is 32.6 Å². The molecule has 0 amide bonds. The minimum atomic E-state index is -0.448. The number of rotatable bonds is 12. The summed E-state index contributed by atoms with van der Waals surface area (Å²) in [4.78, 5) is 1.19. The molecule has 1 rings (SSSR count). The van der Waals surface area contributed by atoms with Crippen molar-refractivity contribution in [2.24, 2.45) is 0 Å². The van der Waals surface area contributed by atoms with Gasteiger partial charge in [0, 0.05) is 24.6 Å². The molecule has 110 valence electrons. The van der Waals surface area contributed by atoms with E-state index in [4.69, 9.17) is 9.47 Å². The van der Waals surface area contributed by atoms with Gasteiger partial charge in [-0.05, 0) is 30.8 Å². The van der Waals surface area contributed by atoms with Crippen LogP contribution in [-0.4, -0.2) is 44.1 Å². The molecule has 2 N–H and O–H groups in total. The third-order valence-electron chi connectivity index (χ3n) is 2.51. The van der Waals surface area contributed by atoms with Crippen molar-refractivity contribution >= 4 is 11.3 Å². The van der Waals surface area contributed by atoms with Gasteiger partial charge in [0.2, 0.25) is 0 Å². The molecule has 1 aromatic rings. The summed E-state index contributed by atoms with van der Waals surface area (Å²) >= 11 is 1.67. The van der Waals surface area contributed by atoms with E-state index in [0.29, 0.717) is 19.8 Å². The van der Waals surface area contributed by atoms with Gasteiger partial charge >= 0.3 is 0 Å². The van der Waals surface area contributed by atoms with Crippen LogP contribution in [0.5, 0.6) is 0 Å². The van der Waals surface area contributed by atoms with Crippen LogP contribution in [0.2, 0.25) is 0 Å². The Morgan fingerprint density at radius 1 is 1.37 bits per heavy atom. The Bertz CT molecular complexity index is 293. The Hall–Kier alpha value is -0.460. The molecule has 0 aliphatic rings. The maximum Gasteiger partial charge on any atom is 0.0897 e. The number of ether oxygens (including phenoxy) is 2. The SMILES string of the molecule is CCCOCCCNCC(O)COCc1cccs1. The van der Waals surface area contributed by atoms with Gasteiger partial charge in [-0.2, -0.15) is 0 Å². The first kappa shape index (κ1) is 16.6. The molecule has 0 aliphatic heterocycles. The molecule has 1 unspecified atom stereocenters. The summed E-state index contributed by atoms with van der Waals surface area (Å²) < 4.78 is 10.8. The molecule has 4 nitrogen and oxygen atoms in total. The summed E-state index contributed by atoms with van der Waals surface area (Å²) in [5, 5.41) is 14.9. The van der Waals surface area contributed by atoms with Crippen molar-refractivity contribution < 1.29 is 14.6 Å². The van der Waals surface area contributed by atoms with Crippen molar-refractivity contribution in [3.63, 3.8) is 0 Å². The summed E-state index contributed by atoms with van der Waals surface area (Å²) in [7, 11) is 0. The van der Waals surface area contributed by atoms with E-state index >= 15 is 0 Å². The highest BCUT2D eigenvalue weighted by atomic mass is 32.1. The lowest BCUT2D eigenvalue weighted by Crippen LogP contribution is -2.31. The predicted molar refractivity (Wildman–Crippen MR) is 78.6 cm³/mol. The molecule has 1 heterocycles. The molecule has 0 bridgehead atoms. The average molecular weight is 287 g/mol. The van der Waals surface area contributed by atoms with Crippen molar-refractivity contribution in [3.05, 3.63) is 22.4 Å². The summed E-state index contributed by atoms with van der Waals surface area (Å²) in [6.07, 6.45) is 1.59.